The molecule has 2 rings (SSSR count). The van der Waals surface area contributed by atoms with Crippen molar-refractivity contribution < 1.29 is 9.84 Å². The Hall–Kier alpha value is -1.81. The molecule has 2 aromatic rings. The molecule has 0 saturated heterocycles. The Morgan fingerprint density at radius 1 is 1.28 bits per heavy atom. The summed E-state index contributed by atoms with van der Waals surface area (Å²) >= 11 is 0. The van der Waals surface area contributed by atoms with Crippen molar-refractivity contribution in [2.24, 2.45) is 0 Å². The molecular weight excluding hydrogens is 228 g/mol. The molecule has 0 radical (unpaired) electrons. The van der Waals surface area contributed by atoms with E-state index in [0.717, 1.165) is 11.3 Å². The standard InChI is InChI=1S/C14H18N2O2/c1-11(2)18-13-5-3-12(4-6-13)14(17)9-16-8-7-15-10-16/h3-8,10-11,14,17H,9H2,1-2H3. The van der Waals surface area contributed by atoms with Gasteiger partial charge >= 0.3 is 0 Å². The highest BCUT2D eigenvalue weighted by molar-refractivity contribution is 5.28. The van der Waals surface area contributed by atoms with Gasteiger partial charge < -0.3 is 14.4 Å². The van der Waals surface area contributed by atoms with Gasteiger partial charge in [0.05, 0.1) is 25.1 Å². The van der Waals surface area contributed by atoms with Crippen molar-refractivity contribution in [2.75, 3.05) is 0 Å². The average Bonchev–Trinajstić information content (AvgIpc) is 2.82. The van der Waals surface area contributed by atoms with E-state index in [1.54, 1.807) is 12.5 Å². The Morgan fingerprint density at radius 2 is 2.00 bits per heavy atom. The molecule has 1 unspecified atom stereocenters. The molecule has 0 aliphatic heterocycles. The van der Waals surface area contributed by atoms with Crippen molar-refractivity contribution in [3.05, 3.63) is 48.5 Å². The van der Waals surface area contributed by atoms with Gasteiger partial charge in [-0.3, -0.25) is 0 Å². The molecule has 1 N–H and O–H groups in total. The lowest BCUT2D eigenvalue weighted by molar-refractivity contribution is 0.156. The van der Waals surface area contributed by atoms with Crippen LogP contribution in [0.2, 0.25) is 0 Å². The van der Waals surface area contributed by atoms with E-state index < -0.39 is 6.10 Å². The van der Waals surface area contributed by atoms with E-state index in [1.165, 1.54) is 0 Å². The largest absolute Gasteiger partial charge is 0.491 e. The molecule has 1 atom stereocenters. The van der Waals surface area contributed by atoms with Crippen LogP contribution in [-0.2, 0) is 6.54 Å². The first kappa shape index (κ1) is 12.6. The minimum atomic E-state index is -0.535. The second-order valence-electron chi connectivity index (χ2n) is 4.51. The smallest absolute Gasteiger partial charge is 0.119 e. The zero-order chi connectivity index (χ0) is 13.0. The maximum absolute atomic E-state index is 10.1. The average molecular weight is 246 g/mol. The maximum atomic E-state index is 10.1. The van der Waals surface area contributed by atoms with E-state index in [2.05, 4.69) is 4.98 Å². The van der Waals surface area contributed by atoms with Crippen LogP contribution in [0.25, 0.3) is 0 Å². The molecule has 0 aliphatic carbocycles. The van der Waals surface area contributed by atoms with Crippen molar-refractivity contribution in [3.63, 3.8) is 0 Å². The fourth-order valence-corrected chi connectivity index (χ4v) is 1.74. The number of aliphatic hydroxyl groups excluding tert-OH is 1. The summed E-state index contributed by atoms with van der Waals surface area (Å²) in [6, 6.07) is 7.54. The molecule has 18 heavy (non-hydrogen) atoms. The van der Waals surface area contributed by atoms with Crippen LogP contribution in [0.1, 0.15) is 25.5 Å². The van der Waals surface area contributed by atoms with Crippen LogP contribution in [-0.4, -0.2) is 20.8 Å². The van der Waals surface area contributed by atoms with Crippen LogP contribution in [0, 0.1) is 0 Å². The molecule has 0 amide bonds. The van der Waals surface area contributed by atoms with E-state index in [4.69, 9.17) is 4.74 Å². The van der Waals surface area contributed by atoms with Crippen molar-refractivity contribution >= 4 is 0 Å². The Morgan fingerprint density at radius 3 is 2.56 bits per heavy atom. The van der Waals surface area contributed by atoms with Crippen LogP contribution >= 0.6 is 0 Å². The van der Waals surface area contributed by atoms with Gasteiger partial charge in [0.1, 0.15) is 5.75 Å². The number of aliphatic hydroxyl groups is 1. The van der Waals surface area contributed by atoms with Gasteiger partial charge in [0.15, 0.2) is 0 Å². The summed E-state index contributed by atoms with van der Waals surface area (Å²) in [6.07, 6.45) is 4.85. The number of aromatic nitrogens is 2. The molecule has 1 aromatic heterocycles. The molecule has 0 bridgehead atoms. The second kappa shape index (κ2) is 5.69. The van der Waals surface area contributed by atoms with Gasteiger partial charge in [0.2, 0.25) is 0 Å². The Labute approximate surface area is 107 Å². The van der Waals surface area contributed by atoms with Gasteiger partial charge in [0, 0.05) is 12.4 Å². The minimum Gasteiger partial charge on any atom is -0.491 e. The Balaban J connectivity index is 2.00. The van der Waals surface area contributed by atoms with Crippen LogP contribution in [0.3, 0.4) is 0 Å². The number of imidazole rings is 1. The summed E-state index contributed by atoms with van der Waals surface area (Å²) in [6.45, 7) is 4.48. The molecule has 0 spiro atoms. The predicted octanol–water partition coefficient (Wildman–Crippen LogP) is 2.40. The molecule has 0 saturated carbocycles. The third kappa shape index (κ3) is 3.34. The summed E-state index contributed by atoms with van der Waals surface area (Å²) in [5.74, 6) is 0.823. The normalized spacial score (nSPS) is 12.7. The fourth-order valence-electron chi connectivity index (χ4n) is 1.74. The molecule has 4 nitrogen and oxygen atoms in total. The van der Waals surface area contributed by atoms with Gasteiger partial charge in [-0.2, -0.15) is 0 Å². The van der Waals surface area contributed by atoms with Gasteiger partial charge in [0.25, 0.3) is 0 Å². The Bertz CT molecular complexity index is 463. The summed E-state index contributed by atoms with van der Waals surface area (Å²) in [4.78, 5) is 3.95. The molecule has 0 fully saturated rings. The second-order valence-corrected chi connectivity index (χ2v) is 4.51. The highest BCUT2D eigenvalue weighted by atomic mass is 16.5. The summed E-state index contributed by atoms with van der Waals surface area (Å²) in [5.41, 5.74) is 0.875. The lowest BCUT2D eigenvalue weighted by Gasteiger charge is -2.13. The summed E-state index contributed by atoms with van der Waals surface area (Å²) < 4.78 is 7.41. The van der Waals surface area contributed by atoms with Crippen molar-refractivity contribution in [1.82, 2.24) is 9.55 Å². The zero-order valence-electron chi connectivity index (χ0n) is 10.7. The lowest BCUT2D eigenvalue weighted by atomic mass is 10.1. The molecule has 0 aliphatic rings. The van der Waals surface area contributed by atoms with E-state index >= 15 is 0 Å². The number of hydrogen-bond donors (Lipinski definition) is 1. The maximum Gasteiger partial charge on any atom is 0.119 e. The first-order valence-corrected chi connectivity index (χ1v) is 6.05. The third-order valence-corrected chi connectivity index (χ3v) is 2.58. The number of hydrogen-bond acceptors (Lipinski definition) is 3. The first-order valence-electron chi connectivity index (χ1n) is 6.05. The lowest BCUT2D eigenvalue weighted by Crippen LogP contribution is -2.08. The molecule has 4 heteroatoms. The van der Waals surface area contributed by atoms with E-state index in [9.17, 15) is 5.11 Å². The van der Waals surface area contributed by atoms with Gasteiger partial charge in [-0.25, -0.2) is 4.98 Å². The topological polar surface area (TPSA) is 47.3 Å². The van der Waals surface area contributed by atoms with Crippen LogP contribution < -0.4 is 4.74 Å². The number of ether oxygens (including phenoxy) is 1. The van der Waals surface area contributed by atoms with Crippen molar-refractivity contribution in [2.45, 2.75) is 32.6 Å². The highest BCUT2D eigenvalue weighted by Crippen LogP contribution is 2.19. The minimum absolute atomic E-state index is 0.159. The van der Waals surface area contributed by atoms with E-state index in [0.29, 0.717) is 6.54 Å². The molecule has 1 heterocycles. The first-order chi connectivity index (χ1) is 8.65. The van der Waals surface area contributed by atoms with Gasteiger partial charge in [-0.15, -0.1) is 0 Å². The quantitative estimate of drug-likeness (QED) is 0.881. The summed E-state index contributed by atoms with van der Waals surface area (Å²) in [5, 5.41) is 10.1. The van der Waals surface area contributed by atoms with Gasteiger partial charge in [-0.1, -0.05) is 12.1 Å². The predicted molar refractivity (Wildman–Crippen MR) is 69.4 cm³/mol. The number of nitrogens with zero attached hydrogens (tertiary/aromatic N) is 2. The SMILES string of the molecule is CC(C)Oc1ccc(C(O)Cn2ccnc2)cc1. The molecular formula is C14H18N2O2. The number of benzene rings is 1. The fraction of sp³-hybridized carbons (Fsp3) is 0.357. The van der Waals surface area contributed by atoms with E-state index in [1.807, 2.05) is 48.9 Å². The Kier molecular flexibility index (Phi) is 3.99. The van der Waals surface area contributed by atoms with Crippen LogP contribution in [0.15, 0.2) is 43.0 Å². The van der Waals surface area contributed by atoms with Gasteiger partial charge in [-0.05, 0) is 31.5 Å². The highest BCUT2D eigenvalue weighted by Gasteiger charge is 2.08. The monoisotopic (exact) mass is 246 g/mol. The number of rotatable bonds is 5. The van der Waals surface area contributed by atoms with Crippen molar-refractivity contribution in [1.29, 1.82) is 0 Å². The zero-order valence-corrected chi connectivity index (χ0v) is 10.7. The van der Waals surface area contributed by atoms with Crippen LogP contribution in [0.4, 0.5) is 0 Å². The molecule has 96 valence electrons. The van der Waals surface area contributed by atoms with Crippen LogP contribution in [0.5, 0.6) is 5.75 Å². The third-order valence-electron chi connectivity index (χ3n) is 2.58. The summed E-state index contributed by atoms with van der Waals surface area (Å²) in [7, 11) is 0. The van der Waals surface area contributed by atoms with Crippen molar-refractivity contribution in [3.8, 4) is 5.75 Å². The van der Waals surface area contributed by atoms with E-state index in [-0.39, 0.29) is 6.10 Å². The molecule has 1 aromatic carbocycles.